The Kier molecular flexibility index (Phi) is 7.77. The molecular formula is C26H33ClO9. The molecular weight excluding hydrogens is 492 g/mol. The fraction of sp³-hybridized carbons (Fsp3) is 0.615. The Morgan fingerprint density at radius 3 is 2.25 bits per heavy atom. The second kappa shape index (κ2) is 10.0. The lowest BCUT2D eigenvalue weighted by molar-refractivity contribution is -0.217. The van der Waals surface area contributed by atoms with E-state index in [0.29, 0.717) is 18.4 Å². The van der Waals surface area contributed by atoms with Gasteiger partial charge in [0.2, 0.25) is 0 Å². The fourth-order valence-corrected chi connectivity index (χ4v) is 6.15. The summed E-state index contributed by atoms with van der Waals surface area (Å²) in [5.41, 5.74) is -2.57. The van der Waals surface area contributed by atoms with Crippen LogP contribution in [0.3, 0.4) is 0 Å². The van der Waals surface area contributed by atoms with E-state index in [-0.39, 0.29) is 5.57 Å². The predicted molar refractivity (Wildman–Crippen MR) is 129 cm³/mol. The van der Waals surface area contributed by atoms with Crippen LogP contribution in [0.2, 0.25) is 0 Å². The highest BCUT2D eigenvalue weighted by atomic mass is 35.5. The minimum atomic E-state index is -2.11. The van der Waals surface area contributed by atoms with Crippen LogP contribution in [-0.2, 0) is 38.1 Å². The predicted octanol–water partition coefficient (Wildman–Crippen LogP) is 2.78. The van der Waals surface area contributed by atoms with Crippen LogP contribution in [0.4, 0.5) is 0 Å². The number of carbonyl (C=O) groups is 4. The van der Waals surface area contributed by atoms with Gasteiger partial charge < -0.3 is 24.1 Å². The van der Waals surface area contributed by atoms with E-state index in [1.807, 2.05) is 0 Å². The van der Waals surface area contributed by atoms with Crippen molar-refractivity contribution in [2.45, 2.75) is 82.9 Å². The lowest BCUT2D eigenvalue weighted by Crippen LogP contribution is -2.66. The molecule has 9 nitrogen and oxygen atoms in total. The second-order valence-corrected chi connectivity index (χ2v) is 10.5. The van der Waals surface area contributed by atoms with Gasteiger partial charge in [-0.3, -0.25) is 19.2 Å². The van der Waals surface area contributed by atoms with Gasteiger partial charge in [-0.25, -0.2) is 0 Å². The van der Waals surface area contributed by atoms with E-state index in [1.165, 1.54) is 33.8 Å². The van der Waals surface area contributed by atoms with Crippen molar-refractivity contribution in [1.29, 1.82) is 0 Å². The maximum Gasteiger partial charge on any atom is 0.312 e. The van der Waals surface area contributed by atoms with E-state index in [1.54, 1.807) is 13.0 Å². The standard InChI is InChI=1S/C26H33ClO9/c1-12-8-10-18(33-15(4)28)25(7)19(34-16(5)29)11-9-13(2)21(27)23-26(32,14(3)24(31)36-23)22(20(12)25)35-17(6)30/h9,11,14,18-23,32H,1-2,8,10H2,3-7H3/b11-9+/t14-,18-,19+,20+,21-,22-,23-,25-,26+/m1/s1. The summed E-state index contributed by atoms with van der Waals surface area (Å²) in [6.45, 7) is 15.0. The van der Waals surface area contributed by atoms with Crippen LogP contribution in [0.25, 0.3) is 0 Å². The van der Waals surface area contributed by atoms with Crippen LogP contribution in [0.15, 0.2) is 36.5 Å². The zero-order valence-electron chi connectivity index (χ0n) is 21.1. The molecule has 1 heterocycles. The van der Waals surface area contributed by atoms with E-state index in [4.69, 9.17) is 30.5 Å². The molecule has 1 saturated carbocycles. The maximum absolute atomic E-state index is 12.8. The average Bonchev–Trinajstić information content (AvgIpc) is 3.00. The lowest BCUT2D eigenvalue weighted by Gasteiger charge is -2.55. The molecule has 2 aliphatic carbocycles. The third-order valence-electron chi connectivity index (χ3n) is 7.65. The molecule has 198 valence electrons. The largest absolute Gasteiger partial charge is 0.462 e. The molecule has 0 unspecified atom stereocenters. The first-order chi connectivity index (χ1) is 16.6. The number of fused-ring (bicyclic) bond motifs is 2. The Bertz CT molecular complexity index is 1020. The van der Waals surface area contributed by atoms with Gasteiger partial charge >= 0.3 is 23.9 Å². The smallest absolute Gasteiger partial charge is 0.312 e. The highest BCUT2D eigenvalue weighted by molar-refractivity contribution is 6.23. The van der Waals surface area contributed by atoms with Gasteiger partial charge in [-0.05, 0) is 31.4 Å². The first-order valence-corrected chi connectivity index (χ1v) is 12.2. The maximum atomic E-state index is 12.8. The molecule has 0 aromatic rings. The number of ether oxygens (including phenoxy) is 4. The number of allylic oxidation sites excluding steroid dienone is 1. The highest BCUT2D eigenvalue weighted by Crippen LogP contribution is 2.56. The van der Waals surface area contributed by atoms with Crippen LogP contribution in [0, 0.1) is 17.3 Å². The van der Waals surface area contributed by atoms with E-state index in [9.17, 15) is 24.3 Å². The number of carbonyl (C=O) groups excluding carboxylic acids is 4. The molecule has 36 heavy (non-hydrogen) atoms. The quantitative estimate of drug-likeness (QED) is 0.256. The van der Waals surface area contributed by atoms with Crippen LogP contribution in [0.5, 0.6) is 0 Å². The summed E-state index contributed by atoms with van der Waals surface area (Å²) >= 11 is 6.66. The number of alkyl halides is 1. The number of hydrogen-bond donors (Lipinski definition) is 1. The highest BCUT2D eigenvalue weighted by Gasteiger charge is 2.68. The van der Waals surface area contributed by atoms with Crippen molar-refractivity contribution in [1.82, 2.24) is 0 Å². The van der Waals surface area contributed by atoms with Crippen LogP contribution in [-0.4, -0.2) is 64.4 Å². The topological polar surface area (TPSA) is 125 Å². The number of halogens is 1. The van der Waals surface area contributed by atoms with E-state index in [2.05, 4.69) is 13.2 Å². The molecule has 0 bridgehead atoms. The fourth-order valence-electron chi connectivity index (χ4n) is 5.83. The van der Waals surface area contributed by atoms with Gasteiger partial charge in [0.05, 0.1) is 16.7 Å². The molecule has 9 atom stereocenters. The minimum Gasteiger partial charge on any atom is -0.462 e. The van der Waals surface area contributed by atoms with E-state index in [0.717, 1.165) is 0 Å². The SMILES string of the molecule is C=C1/C=C/[C@H](OC(C)=O)[C@@]2(C)[C@H](OC(C)=O)CCC(=C)[C@H]2[C@@H](OC(C)=O)[C@@]2(O)[C@H](C)C(=O)O[C@@H]2[C@@H]1Cl. The number of rotatable bonds is 3. The second-order valence-electron chi connectivity index (χ2n) is 10.0. The van der Waals surface area contributed by atoms with Gasteiger partial charge in [-0.1, -0.05) is 31.7 Å². The molecule has 3 rings (SSSR count). The first kappa shape index (κ1) is 27.9. The molecule has 1 N–H and O–H groups in total. The molecule has 3 aliphatic rings. The third kappa shape index (κ3) is 4.59. The van der Waals surface area contributed by atoms with Crippen molar-refractivity contribution >= 4 is 35.5 Å². The van der Waals surface area contributed by atoms with Gasteiger partial charge in [0.15, 0.2) is 11.7 Å². The minimum absolute atomic E-state index is 0.265. The van der Waals surface area contributed by atoms with Crippen molar-refractivity contribution in [3.8, 4) is 0 Å². The van der Waals surface area contributed by atoms with E-state index >= 15 is 0 Å². The molecule has 0 aromatic heterocycles. The number of aliphatic hydroxyl groups is 1. The van der Waals surface area contributed by atoms with Crippen molar-refractivity contribution in [3.05, 3.63) is 36.5 Å². The molecule has 0 amide bonds. The summed E-state index contributed by atoms with van der Waals surface area (Å²) < 4.78 is 22.7. The molecule has 0 aromatic carbocycles. The van der Waals surface area contributed by atoms with Gasteiger partial charge in [-0.2, -0.15) is 0 Å². The van der Waals surface area contributed by atoms with Crippen LogP contribution in [0.1, 0.15) is 47.5 Å². The van der Waals surface area contributed by atoms with Crippen molar-refractivity contribution in [3.63, 3.8) is 0 Å². The molecule has 0 radical (unpaired) electrons. The average molecular weight is 525 g/mol. The van der Waals surface area contributed by atoms with Gasteiger partial charge in [0, 0.05) is 26.7 Å². The Labute approximate surface area is 215 Å². The summed E-state index contributed by atoms with van der Waals surface area (Å²) in [6, 6.07) is 0. The van der Waals surface area contributed by atoms with E-state index < -0.39 is 76.5 Å². The van der Waals surface area contributed by atoms with Crippen LogP contribution < -0.4 is 0 Å². The lowest BCUT2D eigenvalue weighted by atomic mass is 9.55. The van der Waals surface area contributed by atoms with Gasteiger partial charge in [-0.15, -0.1) is 11.6 Å². The zero-order chi connectivity index (χ0) is 27.2. The van der Waals surface area contributed by atoms with Crippen molar-refractivity contribution < 1.29 is 43.2 Å². The summed E-state index contributed by atoms with van der Waals surface area (Å²) in [5, 5.41) is 11.2. The molecule has 10 heteroatoms. The Morgan fingerprint density at radius 1 is 1.11 bits per heavy atom. The molecule has 0 spiro atoms. The van der Waals surface area contributed by atoms with Gasteiger partial charge in [0.1, 0.15) is 18.3 Å². The summed E-state index contributed by atoms with van der Waals surface area (Å²) in [4.78, 5) is 49.5. The summed E-state index contributed by atoms with van der Waals surface area (Å²) in [5.74, 6) is -4.71. The van der Waals surface area contributed by atoms with Crippen molar-refractivity contribution in [2.75, 3.05) is 0 Å². The first-order valence-electron chi connectivity index (χ1n) is 11.8. The van der Waals surface area contributed by atoms with Gasteiger partial charge in [0.25, 0.3) is 0 Å². The molecule has 1 saturated heterocycles. The normalized spacial score (nSPS) is 41.3. The monoisotopic (exact) mass is 524 g/mol. The summed E-state index contributed by atoms with van der Waals surface area (Å²) in [7, 11) is 0. The zero-order valence-corrected chi connectivity index (χ0v) is 21.9. The molecule has 1 aliphatic heterocycles. The van der Waals surface area contributed by atoms with Crippen molar-refractivity contribution in [2.24, 2.45) is 17.3 Å². The number of hydrogen-bond acceptors (Lipinski definition) is 9. The van der Waals surface area contributed by atoms with Crippen LogP contribution >= 0.6 is 11.6 Å². The Morgan fingerprint density at radius 2 is 1.69 bits per heavy atom. The Hall–Kier alpha value is -2.65. The Balaban J connectivity index is 2.39. The molecule has 2 fully saturated rings. The summed E-state index contributed by atoms with van der Waals surface area (Å²) in [6.07, 6.45) is -0.810. The number of esters is 4. The third-order valence-corrected chi connectivity index (χ3v) is 8.16.